The lowest BCUT2D eigenvalue weighted by atomic mass is 9.94. The minimum atomic E-state index is -0.980. The molecule has 184 valence electrons. The molecular formula is C28H28N4O4. The summed E-state index contributed by atoms with van der Waals surface area (Å²) in [5.41, 5.74) is 13.5. The first-order valence-corrected chi connectivity index (χ1v) is 11.6. The number of phenolic OH excluding ortho intramolecular Hbond substituents is 1. The van der Waals surface area contributed by atoms with E-state index < -0.39 is 5.97 Å². The highest BCUT2D eigenvalue weighted by molar-refractivity contribution is 6.70. The molecule has 0 saturated heterocycles. The zero-order valence-corrected chi connectivity index (χ0v) is 20.4. The number of aromatic carboxylic acids is 1. The molecule has 1 amide bonds. The number of carbonyl (C=O) groups excluding carboxylic acids is 1. The summed E-state index contributed by atoms with van der Waals surface area (Å²) in [4.78, 5) is 22.8. The number of carboxylic acids is 1. The molecule has 1 aliphatic heterocycles. The van der Waals surface area contributed by atoms with Crippen LogP contribution in [0, 0.1) is 19.3 Å². The van der Waals surface area contributed by atoms with Gasteiger partial charge in [0, 0.05) is 5.56 Å². The van der Waals surface area contributed by atoms with Gasteiger partial charge in [-0.1, -0.05) is 18.2 Å². The monoisotopic (exact) mass is 484 g/mol. The van der Waals surface area contributed by atoms with E-state index in [-0.39, 0.29) is 22.9 Å². The van der Waals surface area contributed by atoms with Crippen LogP contribution in [0.25, 0.3) is 11.1 Å². The number of nitrogens with two attached hydrogens (primary N) is 1. The number of carbonyl (C=O) groups is 2. The molecule has 5 rings (SSSR count). The van der Waals surface area contributed by atoms with Crippen molar-refractivity contribution in [3.8, 4) is 16.9 Å². The molecule has 1 aliphatic carbocycles. The van der Waals surface area contributed by atoms with Gasteiger partial charge in [-0.15, -0.1) is 0 Å². The third kappa shape index (κ3) is 4.57. The number of aryl methyl sites for hydroxylation is 3. The number of anilines is 2. The first kappa shape index (κ1) is 24.7. The molecule has 5 N–H and O–H groups in total. The average Bonchev–Trinajstić information content (AvgIpc) is 3.41. The van der Waals surface area contributed by atoms with Gasteiger partial charge in [-0.2, -0.15) is 10.1 Å². The number of carboxylic acid groups (broad SMARTS) is 1. The molecule has 0 spiro atoms. The fraction of sp³-hybridized carbons (Fsp3) is 0.214. The SMILES string of the molecule is CC1=NN(c2ccc(C)c(C)c2)C(=O)C1=N.Nc1cc2c(c(-c3cccc(C(=O)O)c3)c1O)CCC2. The molecule has 0 saturated carbocycles. The molecule has 3 aromatic rings. The molecular weight excluding hydrogens is 456 g/mol. The van der Waals surface area contributed by atoms with E-state index in [0.717, 1.165) is 41.6 Å². The third-order valence-corrected chi connectivity index (χ3v) is 6.55. The number of hydrazone groups is 1. The lowest BCUT2D eigenvalue weighted by molar-refractivity contribution is -0.112. The van der Waals surface area contributed by atoms with Crippen molar-refractivity contribution in [3.05, 3.63) is 76.3 Å². The molecule has 0 aromatic heterocycles. The number of nitrogens with zero attached hydrogens (tertiary/aromatic N) is 2. The van der Waals surface area contributed by atoms with Crippen molar-refractivity contribution >= 4 is 34.7 Å². The predicted octanol–water partition coefficient (Wildman–Crippen LogP) is 4.87. The van der Waals surface area contributed by atoms with Crippen LogP contribution in [0.1, 0.15) is 46.0 Å². The number of rotatable bonds is 3. The number of hydrogen-bond donors (Lipinski definition) is 4. The number of nitrogen functional groups attached to an aromatic ring is 1. The summed E-state index contributed by atoms with van der Waals surface area (Å²) in [6.45, 7) is 5.67. The van der Waals surface area contributed by atoms with E-state index in [1.54, 1.807) is 25.1 Å². The molecule has 0 bridgehead atoms. The van der Waals surface area contributed by atoms with Crippen molar-refractivity contribution in [2.75, 3.05) is 10.7 Å². The smallest absolute Gasteiger partial charge is 0.335 e. The zero-order valence-electron chi connectivity index (χ0n) is 20.4. The molecule has 0 radical (unpaired) electrons. The number of amides is 1. The van der Waals surface area contributed by atoms with Crippen LogP contribution < -0.4 is 10.7 Å². The second-order valence-electron chi connectivity index (χ2n) is 9.01. The van der Waals surface area contributed by atoms with Gasteiger partial charge in [-0.25, -0.2) is 4.79 Å². The number of aromatic hydroxyl groups is 1. The largest absolute Gasteiger partial charge is 0.505 e. The molecule has 3 aromatic carbocycles. The fourth-order valence-electron chi connectivity index (χ4n) is 4.41. The molecule has 8 nitrogen and oxygen atoms in total. The van der Waals surface area contributed by atoms with Gasteiger partial charge >= 0.3 is 5.97 Å². The first-order valence-electron chi connectivity index (χ1n) is 11.6. The Kier molecular flexibility index (Phi) is 6.61. The Balaban J connectivity index is 0.000000174. The Hall–Kier alpha value is -4.46. The van der Waals surface area contributed by atoms with Gasteiger partial charge in [0.2, 0.25) is 0 Å². The minimum Gasteiger partial charge on any atom is -0.505 e. The molecule has 0 fully saturated rings. The summed E-state index contributed by atoms with van der Waals surface area (Å²) in [5.74, 6) is -1.29. The highest BCUT2D eigenvalue weighted by Gasteiger charge is 2.29. The Morgan fingerprint density at radius 3 is 2.44 bits per heavy atom. The first-order chi connectivity index (χ1) is 17.1. The van der Waals surface area contributed by atoms with Crippen LogP contribution in [-0.2, 0) is 17.6 Å². The number of hydrogen-bond acceptors (Lipinski definition) is 6. The van der Waals surface area contributed by atoms with E-state index in [2.05, 4.69) is 5.10 Å². The topological polar surface area (TPSA) is 140 Å². The van der Waals surface area contributed by atoms with Crippen molar-refractivity contribution in [1.82, 2.24) is 0 Å². The molecule has 0 unspecified atom stereocenters. The Labute approximate surface area is 209 Å². The summed E-state index contributed by atoms with van der Waals surface area (Å²) in [5, 5.41) is 32.2. The fourth-order valence-corrected chi connectivity index (χ4v) is 4.41. The maximum Gasteiger partial charge on any atom is 0.335 e. The summed E-state index contributed by atoms with van der Waals surface area (Å²) in [6, 6.07) is 14.1. The maximum absolute atomic E-state index is 11.7. The van der Waals surface area contributed by atoms with Crippen molar-refractivity contribution in [3.63, 3.8) is 0 Å². The van der Waals surface area contributed by atoms with Crippen LogP contribution >= 0.6 is 0 Å². The molecule has 8 heteroatoms. The number of nitrogens with one attached hydrogen (secondary N) is 1. The molecule has 36 heavy (non-hydrogen) atoms. The normalized spacial score (nSPS) is 14.3. The summed E-state index contributed by atoms with van der Waals surface area (Å²) < 4.78 is 0. The second-order valence-corrected chi connectivity index (χ2v) is 9.01. The van der Waals surface area contributed by atoms with Gasteiger partial charge in [0.25, 0.3) is 5.91 Å². The van der Waals surface area contributed by atoms with E-state index >= 15 is 0 Å². The Morgan fingerprint density at radius 1 is 1.06 bits per heavy atom. The summed E-state index contributed by atoms with van der Waals surface area (Å²) in [7, 11) is 0. The summed E-state index contributed by atoms with van der Waals surface area (Å²) >= 11 is 0. The van der Waals surface area contributed by atoms with Gasteiger partial charge in [-0.3, -0.25) is 10.2 Å². The quantitative estimate of drug-likeness (QED) is 0.310. The minimum absolute atomic E-state index is 0.0294. The van der Waals surface area contributed by atoms with E-state index in [9.17, 15) is 14.7 Å². The van der Waals surface area contributed by atoms with Crippen molar-refractivity contribution < 1.29 is 19.8 Å². The van der Waals surface area contributed by atoms with Crippen LogP contribution in [0.2, 0.25) is 0 Å². The lowest BCUT2D eigenvalue weighted by Crippen LogP contribution is -2.26. The van der Waals surface area contributed by atoms with Crippen molar-refractivity contribution in [2.24, 2.45) is 5.10 Å². The second kappa shape index (κ2) is 9.65. The van der Waals surface area contributed by atoms with Crippen LogP contribution in [0.5, 0.6) is 5.75 Å². The summed E-state index contributed by atoms with van der Waals surface area (Å²) in [6.07, 6.45) is 2.87. The number of fused-ring (bicyclic) bond motifs is 1. The predicted molar refractivity (Wildman–Crippen MR) is 141 cm³/mol. The maximum atomic E-state index is 11.7. The zero-order chi connectivity index (χ0) is 26.1. The van der Waals surface area contributed by atoms with E-state index in [4.69, 9.17) is 16.2 Å². The van der Waals surface area contributed by atoms with Gasteiger partial charge in [-0.05, 0) is 98.2 Å². The highest BCUT2D eigenvalue weighted by Crippen LogP contribution is 2.42. The van der Waals surface area contributed by atoms with Crippen molar-refractivity contribution in [1.29, 1.82) is 5.41 Å². The highest BCUT2D eigenvalue weighted by atomic mass is 16.4. The van der Waals surface area contributed by atoms with E-state index in [1.165, 1.54) is 16.6 Å². The molecule has 0 atom stereocenters. The van der Waals surface area contributed by atoms with E-state index in [0.29, 0.717) is 22.5 Å². The van der Waals surface area contributed by atoms with Gasteiger partial charge < -0.3 is 15.9 Å². The Morgan fingerprint density at radius 2 is 1.81 bits per heavy atom. The molecule has 2 aliphatic rings. The third-order valence-electron chi connectivity index (χ3n) is 6.55. The molecule has 1 heterocycles. The lowest BCUT2D eigenvalue weighted by Gasteiger charge is -2.14. The van der Waals surface area contributed by atoms with Crippen LogP contribution in [-0.4, -0.2) is 33.5 Å². The average molecular weight is 485 g/mol. The standard InChI is InChI=1S/C16H15NO3.C12H13N3O/c17-13-8-9-3-2-6-12(9)14(15(13)18)10-4-1-5-11(7-10)16(19)20;1-7-4-5-10(6-8(7)2)15-12(16)11(13)9(3)14-15/h1,4-5,7-8,18H,2-3,6,17H2,(H,19,20);4-6,13H,1-3H3. The Bertz CT molecular complexity index is 1440. The van der Waals surface area contributed by atoms with Gasteiger partial charge in [0.1, 0.15) is 11.5 Å². The van der Waals surface area contributed by atoms with Crippen LogP contribution in [0.4, 0.5) is 11.4 Å². The van der Waals surface area contributed by atoms with Crippen LogP contribution in [0.15, 0.2) is 53.6 Å². The van der Waals surface area contributed by atoms with Crippen molar-refractivity contribution in [2.45, 2.75) is 40.0 Å². The van der Waals surface area contributed by atoms with Crippen LogP contribution in [0.3, 0.4) is 0 Å². The van der Waals surface area contributed by atoms with E-state index in [1.807, 2.05) is 38.1 Å². The number of phenols is 1. The van der Waals surface area contributed by atoms with Gasteiger partial charge in [0.05, 0.1) is 22.6 Å². The van der Waals surface area contributed by atoms with Gasteiger partial charge in [0.15, 0.2) is 0 Å². The number of benzene rings is 3.